The van der Waals surface area contributed by atoms with Crippen molar-refractivity contribution in [3.8, 4) is 6.07 Å². The molecule has 0 saturated carbocycles. The van der Waals surface area contributed by atoms with Crippen LogP contribution in [0, 0.1) is 11.3 Å². The fourth-order valence-electron chi connectivity index (χ4n) is 1.25. The summed E-state index contributed by atoms with van der Waals surface area (Å²) < 4.78 is 9.95. The Morgan fingerprint density at radius 2 is 2.14 bits per heavy atom. The summed E-state index contributed by atoms with van der Waals surface area (Å²) in [4.78, 5) is 11.6. The first kappa shape index (κ1) is 20.7. The molecule has 0 aliphatic heterocycles. The molecule has 21 heavy (non-hydrogen) atoms. The Labute approximate surface area is 139 Å². The van der Waals surface area contributed by atoms with Crippen molar-refractivity contribution < 1.29 is 19.4 Å². The molecule has 0 bridgehead atoms. The molecule has 0 aromatic rings. The van der Waals surface area contributed by atoms with Gasteiger partial charge in [0, 0.05) is 6.42 Å². The Kier molecular flexibility index (Phi) is 12.0. The number of nitriles is 1. The van der Waals surface area contributed by atoms with Gasteiger partial charge in [0.1, 0.15) is 14.9 Å². The number of ether oxygens (including phenoxy) is 2. The van der Waals surface area contributed by atoms with Gasteiger partial charge in [0.25, 0.3) is 0 Å². The predicted molar refractivity (Wildman–Crippen MR) is 90.4 cm³/mol. The molecule has 8 heteroatoms. The minimum absolute atomic E-state index is 0.0542. The van der Waals surface area contributed by atoms with Crippen molar-refractivity contribution in [3.63, 3.8) is 0 Å². The summed E-state index contributed by atoms with van der Waals surface area (Å²) in [6.45, 7) is 4.36. The summed E-state index contributed by atoms with van der Waals surface area (Å²) in [7, 11) is 0. The number of thiocarbonyl (C=S) groups is 1. The number of aliphatic hydroxyl groups excluding tert-OH is 1. The van der Waals surface area contributed by atoms with Crippen molar-refractivity contribution in [2.75, 3.05) is 32.2 Å². The lowest BCUT2D eigenvalue weighted by molar-refractivity contribution is -0.145. The van der Waals surface area contributed by atoms with Crippen LogP contribution in [-0.2, 0) is 14.3 Å². The number of thioether (sulfide) groups is 2. The molecule has 0 heterocycles. The summed E-state index contributed by atoms with van der Waals surface area (Å²) in [5, 5.41) is 17.8. The zero-order valence-corrected chi connectivity index (χ0v) is 14.7. The maximum atomic E-state index is 11.6. The van der Waals surface area contributed by atoms with E-state index in [2.05, 4.69) is 6.07 Å². The molecule has 0 radical (unpaired) electrons. The van der Waals surface area contributed by atoms with E-state index < -0.39 is 4.75 Å². The molecule has 1 atom stereocenters. The summed E-state index contributed by atoms with van der Waals surface area (Å²) in [5.41, 5.74) is 0. The summed E-state index contributed by atoms with van der Waals surface area (Å²) >= 11 is 8.02. The predicted octanol–water partition coefficient (Wildman–Crippen LogP) is 2.37. The molecule has 5 nitrogen and oxygen atoms in total. The van der Waals surface area contributed by atoms with Gasteiger partial charge in [-0.25, -0.2) is 0 Å². The number of esters is 1. The molecule has 0 aromatic carbocycles. The average Bonchev–Trinajstić information content (AvgIpc) is 2.45. The van der Waals surface area contributed by atoms with E-state index in [0.717, 1.165) is 5.75 Å². The van der Waals surface area contributed by atoms with Crippen LogP contribution in [0.4, 0.5) is 0 Å². The number of hydrogen-bond acceptors (Lipinski definition) is 8. The van der Waals surface area contributed by atoms with E-state index in [0.29, 0.717) is 9.95 Å². The van der Waals surface area contributed by atoms with Crippen LogP contribution in [0.3, 0.4) is 0 Å². The second-order valence-electron chi connectivity index (χ2n) is 4.18. The van der Waals surface area contributed by atoms with Crippen molar-refractivity contribution in [3.05, 3.63) is 0 Å². The Morgan fingerprint density at radius 1 is 1.43 bits per heavy atom. The highest BCUT2D eigenvalue weighted by Crippen LogP contribution is 2.34. The number of aliphatic hydroxyl groups is 1. The van der Waals surface area contributed by atoms with Crippen molar-refractivity contribution >= 4 is 45.2 Å². The maximum Gasteiger partial charge on any atom is 0.305 e. The summed E-state index contributed by atoms with van der Waals surface area (Å²) in [6, 6.07) is 2.21. The van der Waals surface area contributed by atoms with Crippen molar-refractivity contribution in [2.24, 2.45) is 0 Å². The van der Waals surface area contributed by atoms with Gasteiger partial charge in [-0.05, 0) is 19.1 Å². The quantitative estimate of drug-likeness (QED) is 0.365. The molecular formula is C13H21NO4S3. The molecule has 0 amide bonds. The highest BCUT2D eigenvalue weighted by Gasteiger charge is 2.27. The molecule has 0 aromatic heterocycles. The van der Waals surface area contributed by atoms with Gasteiger partial charge in [0.05, 0.1) is 25.9 Å². The first-order chi connectivity index (χ1) is 9.97. The van der Waals surface area contributed by atoms with Crippen LogP contribution in [0.25, 0.3) is 0 Å². The third-order valence-electron chi connectivity index (χ3n) is 2.34. The molecule has 1 N–H and O–H groups in total. The van der Waals surface area contributed by atoms with Crippen molar-refractivity contribution in [2.45, 2.75) is 31.4 Å². The van der Waals surface area contributed by atoms with Crippen LogP contribution in [-0.4, -0.2) is 51.5 Å². The number of hydrogen-bond donors (Lipinski definition) is 1. The van der Waals surface area contributed by atoms with Crippen LogP contribution in [0.2, 0.25) is 0 Å². The smallest absolute Gasteiger partial charge is 0.305 e. The minimum Gasteiger partial charge on any atom is -0.463 e. The molecular weight excluding hydrogens is 330 g/mol. The van der Waals surface area contributed by atoms with Crippen LogP contribution in [0.15, 0.2) is 0 Å². The van der Waals surface area contributed by atoms with Gasteiger partial charge < -0.3 is 14.6 Å². The average molecular weight is 352 g/mol. The van der Waals surface area contributed by atoms with Gasteiger partial charge in [-0.15, -0.1) is 11.8 Å². The normalized spacial score (nSPS) is 13.2. The van der Waals surface area contributed by atoms with Gasteiger partial charge in [-0.3, -0.25) is 4.79 Å². The Bertz CT molecular complexity index is 373. The Morgan fingerprint density at radius 3 is 2.71 bits per heavy atom. The van der Waals surface area contributed by atoms with Crippen LogP contribution in [0.5, 0.6) is 0 Å². The monoisotopic (exact) mass is 351 g/mol. The van der Waals surface area contributed by atoms with Crippen molar-refractivity contribution in [1.29, 1.82) is 5.26 Å². The number of carbonyl (C=O) groups is 1. The summed E-state index contributed by atoms with van der Waals surface area (Å²) in [5.74, 6) is 0.502. The SMILES string of the molecule is CCSC(=S)SC(C)(C#N)CCC(=O)OCCOCCO. The molecule has 0 fully saturated rings. The van der Waals surface area contributed by atoms with E-state index in [4.69, 9.17) is 26.8 Å². The van der Waals surface area contributed by atoms with Crippen LogP contribution < -0.4 is 0 Å². The lowest BCUT2D eigenvalue weighted by Crippen LogP contribution is -2.21. The minimum atomic E-state index is -0.717. The van der Waals surface area contributed by atoms with Crippen LogP contribution in [0.1, 0.15) is 26.7 Å². The number of carbonyl (C=O) groups excluding carboxylic acids is 1. The second kappa shape index (κ2) is 12.2. The zero-order chi connectivity index (χ0) is 16.1. The highest BCUT2D eigenvalue weighted by atomic mass is 32.2. The topological polar surface area (TPSA) is 79.6 Å². The fraction of sp³-hybridized carbons (Fsp3) is 0.769. The Hall–Kier alpha value is -0.330. The molecule has 0 saturated heterocycles. The maximum absolute atomic E-state index is 11.6. The van der Waals surface area contributed by atoms with Crippen molar-refractivity contribution in [1.82, 2.24) is 0 Å². The van der Waals surface area contributed by atoms with E-state index in [1.54, 1.807) is 6.92 Å². The van der Waals surface area contributed by atoms with Crippen LogP contribution >= 0.6 is 35.7 Å². The van der Waals surface area contributed by atoms with Gasteiger partial charge in [-0.2, -0.15) is 5.26 Å². The first-order valence-electron chi connectivity index (χ1n) is 6.58. The molecule has 0 aliphatic rings. The molecule has 0 rings (SSSR count). The van der Waals surface area contributed by atoms with E-state index in [9.17, 15) is 10.1 Å². The van der Waals surface area contributed by atoms with Gasteiger partial charge >= 0.3 is 5.97 Å². The highest BCUT2D eigenvalue weighted by molar-refractivity contribution is 8.47. The number of rotatable bonds is 10. The molecule has 0 aliphatic carbocycles. The van der Waals surface area contributed by atoms with E-state index in [-0.39, 0.29) is 38.8 Å². The fourth-order valence-corrected chi connectivity index (χ4v) is 4.15. The standard InChI is InChI=1S/C13H21NO4S3/c1-3-20-12(19)21-13(2,10-14)5-4-11(16)18-9-8-17-7-6-15/h15H,3-9H2,1-2H3. The van der Waals surface area contributed by atoms with E-state index in [1.807, 2.05) is 6.92 Å². The van der Waals surface area contributed by atoms with E-state index in [1.165, 1.54) is 23.5 Å². The molecule has 1 unspecified atom stereocenters. The second-order valence-corrected chi connectivity index (χ2v) is 8.16. The summed E-state index contributed by atoms with van der Waals surface area (Å²) in [6.07, 6.45) is 0.547. The lowest BCUT2D eigenvalue weighted by atomic mass is 10.1. The molecule has 120 valence electrons. The first-order valence-corrected chi connectivity index (χ1v) is 8.79. The van der Waals surface area contributed by atoms with Gasteiger partial charge in [0.2, 0.25) is 0 Å². The Balaban J connectivity index is 4.01. The third kappa shape index (κ3) is 11.0. The molecule has 0 spiro atoms. The lowest BCUT2D eigenvalue weighted by Gasteiger charge is -2.20. The number of nitrogens with zero attached hydrogens (tertiary/aromatic N) is 1. The van der Waals surface area contributed by atoms with Gasteiger partial charge in [0.15, 0.2) is 0 Å². The zero-order valence-electron chi connectivity index (χ0n) is 12.3. The largest absolute Gasteiger partial charge is 0.463 e. The van der Waals surface area contributed by atoms with E-state index >= 15 is 0 Å². The third-order valence-corrected chi connectivity index (χ3v) is 4.98. The van der Waals surface area contributed by atoms with Gasteiger partial charge in [-0.1, -0.05) is 30.9 Å².